The minimum absolute atomic E-state index is 0.171. The highest BCUT2D eigenvalue weighted by atomic mass is 32.2. The highest BCUT2D eigenvalue weighted by Crippen LogP contribution is 2.10. The summed E-state index contributed by atoms with van der Waals surface area (Å²) in [7, 11) is -3.58. The third kappa shape index (κ3) is 4.82. The quantitative estimate of drug-likeness (QED) is 0.809. The highest BCUT2D eigenvalue weighted by molar-refractivity contribution is 7.91. The van der Waals surface area contributed by atoms with Crippen LogP contribution in [0.15, 0.2) is 35.4 Å². The van der Waals surface area contributed by atoms with Crippen molar-refractivity contribution < 1.29 is 18.3 Å². The maximum atomic E-state index is 11.9. The molecule has 0 saturated carbocycles. The van der Waals surface area contributed by atoms with E-state index in [2.05, 4.69) is 4.98 Å². The molecule has 1 aromatic rings. The number of hydrogen-bond acceptors (Lipinski definition) is 4. The van der Waals surface area contributed by atoms with Gasteiger partial charge in [0.15, 0.2) is 14.9 Å². The van der Waals surface area contributed by atoms with Gasteiger partial charge in [-0.25, -0.2) is 18.2 Å². The minimum atomic E-state index is -3.58. The van der Waals surface area contributed by atoms with Crippen molar-refractivity contribution in [2.45, 2.75) is 25.3 Å². The topological polar surface area (TPSA) is 84.3 Å². The molecule has 1 rings (SSSR count). The molecular formula is C13H17NO4S. The molecule has 0 saturated heterocycles. The molecule has 0 bridgehead atoms. The molecule has 0 atom stereocenters. The van der Waals surface area contributed by atoms with Gasteiger partial charge in [-0.05, 0) is 24.5 Å². The molecule has 1 N–H and O–H groups in total. The molecule has 1 heterocycles. The van der Waals surface area contributed by atoms with Crippen molar-refractivity contribution in [1.29, 1.82) is 0 Å². The van der Waals surface area contributed by atoms with E-state index in [0.717, 1.165) is 6.42 Å². The van der Waals surface area contributed by atoms with Crippen LogP contribution >= 0.6 is 0 Å². The fraction of sp³-hybridized carbons (Fsp3) is 0.385. The van der Waals surface area contributed by atoms with Crippen molar-refractivity contribution in [3.05, 3.63) is 36.0 Å². The summed E-state index contributed by atoms with van der Waals surface area (Å²) in [5.41, 5.74) is -0.271. The molecule has 1 aromatic heterocycles. The average molecular weight is 283 g/mol. The Hall–Kier alpha value is -1.69. The molecule has 0 aliphatic carbocycles. The lowest BCUT2D eigenvalue weighted by atomic mass is 10.1. The van der Waals surface area contributed by atoms with E-state index in [4.69, 9.17) is 5.11 Å². The van der Waals surface area contributed by atoms with Gasteiger partial charge in [0.05, 0.1) is 5.75 Å². The van der Waals surface area contributed by atoms with Crippen molar-refractivity contribution in [2.24, 2.45) is 5.92 Å². The molecular weight excluding hydrogens is 266 g/mol. The monoisotopic (exact) mass is 283 g/mol. The van der Waals surface area contributed by atoms with Crippen LogP contribution in [0, 0.1) is 5.92 Å². The molecule has 0 aromatic carbocycles. The normalized spacial score (nSPS) is 12.2. The van der Waals surface area contributed by atoms with Gasteiger partial charge in [-0.2, -0.15) is 0 Å². The Morgan fingerprint density at radius 3 is 2.63 bits per heavy atom. The SMILES string of the molecule is CC(C)CC=CCS(=O)(=O)c1cccc(C(=O)O)n1. The van der Waals surface area contributed by atoms with Gasteiger partial charge in [-0.15, -0.1) is 0 Å². The first-order chi connectivity index (χ1) is 8.83. The number of nitrogens with zero attached hydrogens (tertiary/aromatic N) is 1. The summed E-state index contributed by atoms with van der Waals surface area (Å²) < 4.78 is 23.9. The summed E-state index contributed by atoms with van der Waals surface area (Å²) >= 11 is 0. The van der Waals surface area contributed by atoms with E-state index >= 15 is 0 Å². The number of pyridine rings is 1. The van der Waals surface area contributed by atoms with Crippen molar-refractivity contribution in [3.63, 3.8) is 0 Å². The lowest BCUT2D eigenvalue weighted by molar-refractivity contribution is 0.0689. The second-order valence-corrected chi connectivity index (χ2v) is 6.53. The average Bonchev–Trinajstić information content (AvgIpc) is 2.34. The molecule has 19 heavy (non-hydrogen) atoms. The first-order valence-electron chi connectivity index (χ1n) is 5.91. The zero-order chi connectivity index (χ0) is 14.5. The van der Waals surface area contributed by atoms with E-state index in [0.29, 0.717) is 5.92 Å². The van der Waals surface area contributed by atoms with E-state index in [1.54, 1.807) is 6.08 Å². The maximum Gasteiger partial charge on any atom is 0.354 e. The van der Waals surface area contributed by atoms with Gasteiger partial charge in [0, 0.05) is 0 Å². The Balaban J connectivity index is 2.86. The van der Waals surface area contributed by atoms with Gasteiger partial charge in [-0.3, -0.25) is 0 Å². The highest BCUT2D eigenvalue weighted by Gasteiger charge is 2.16. The van der Waals surface area contributed by atoms with Crippen LogP contribution in [0.4, 0.5) is 0 Å². The van der Waals surface area contributed by atoms with Gasteiger partial charge in [0.2, 0.25) is 0 Å². The van der Waals surface area contributed by atoms with Gasteiger partial charge in [0.25, 0.3) is 0 Å². The predicted octanol–water partition coefficient (Wildman–Crippen LogP) is 2.16. The zero-order valence-electron chi connectivity index (χ0n) is 10.9. The van der Waals surface area contributed by atoms with Crippen LogP contribution < -0.4 is 0 Å². The van der Waals surface area contributed by atoms with Crippen LogP contribution in [-0.4, -0.2) is 30.2 Å². The first kappa shape index (κ1) is 15.4. The number of carboxylic acid groups (broad SMARTS) is 1. The maximum absolute atomic E-state index is 11.9. The minimum Gasteiger partial charge on any atom is -0.477 e. The molecule has 0 fully saturated rings. The third-order valence-corrected chi connectivity index (χ3v) is 3.85. The van der Waals surface area contributed by atoms with E-state index < -0.39 is 15.8 Å². The van der Waals surface area contributed by atoms with Gasteiger partial charge < -0.3 is 5.11 Å². The first-order valence-corrected chi connectivity index (χ1v) is 7.56. The van der Waals surface area contributed by atoms with E-state index in [9.17, 15) is 13.2 Å². The molecule has 6 heteroatoms. The Morgan fingerprint density at radius 2 is 2.05 bits per heavy atom. The smallest absolute Gasteiger partial charge is 0.354 e. The zero-order valence-corrected chi connectivity index (χ0v) is 11.7. The van der Waals surface area contributed by atoms with Gasteiger partial charge in [-0.1, -0.05) is 32.1 Å². The number of aromatic carboxylic acids is 1. The molecule has 0 amide bonds. The second kappa shape index (κ2) is 6.47. The largest absolute Gasteiger partial charge is 0.477 e. The second-order valence-electron chi connectivity index (χ2n) is 4.55. The number of rotatable bonds is 6. The molecule has 5 nitrogen and oxygen atoms in total. The van der Waals surface area contributed by atoms with Crippen LogP contribution in [0.3, 0.4) is 0 Å². The third-order valence-electron chi connectivity index (χ3n) is 2.35. The summed E-state index contributed by atoms with van der Waals surface area (Å²) in [6.07, 6.45) is 4.19. The number of carbonyl (C=O) groups is 1. The standard InChI is InChI=1S/C13H17NO4S/c1-10(2)6-3-4-9-19(17,18)12-8-5-7-11(14-12)13(15)16/h3-5,7-8,10H,6,9H2,1-2H3,(H,15,16). The molecule has 104 valence electrons. The summed E-state index contributed by atoms with van der Waals surface area (Å²) in [6.45, 7) is 4.08. The lowest BCUT2D eigenvalue weighted by Gasteiger charge is -2.02. The Morgan fingerprint density at radius 1 is 1.37 bits per heavy atom. The predicted molar refractivity (Wildman–Crippen MR) is 71.8 cm³/mol. The molecule has 0 spiro atoms. The Labute approximate surface area is 112 Å². The van der Waals surface area contributed by atoms with Crippen LogP contribution in [0.5, 0.6) is 0 Å². The number of hydrogen-bond donors (Lipinski definition) is 1. The van der Waals surface area contributed by atoms with Crippen LogP contribution in [-0.2, 0) is 9.84 Å². The molecule has 0 aliphatic rings. The number of allylic oxidation sites excluding steroid dienone is 1. The van der Waals surface area contributed by atoms with E-state index in [1.807, 2.05) is 19.9 Å². The van der Waals surface area contributed by atoms with Crippen molar-refractivity contribution >= 4 is 15.8 Å². The van der Waals surface area contributed by atoms with Crippen LogP contribution in [0.1, 0.15) is 30.8 Å². The van der Waals surface area contributed by atoms with E-state index in [1.165, 1.54) is 18.2 Å². The Kier molecular flexibility index (Phi) is 5.23. The van der Waals surface area contributed by atoms with Crippen molar-refractivity contribution in [2.75, 3.05) is 5.75 Å². The molecule has 0 aliphatic heterocycles. The fourth-order valence-corrected chi connectivity index (χ4v) is 2.44. The van der Waals surface area contributed by atoms with Gasteiger partial charge in [0.1, 0.15) is 5.69 Å². The number of carboxylic acids is 1. The summed E-state index contributed by atoms with van der Waals surface area (Å²) in [5.74, 6) is -0.949. The summed E-state index contributed by atoms with van der Waals surface area (Å²) in [4.78, 5) is 14.4. The number of aromatic nitrogens is 1. The number of sulfone groups is 1. The van der Waals surface area contributed by atoms with E-state index in [-0.39, 0.29) is 16.5 Å². The van der Waals surface area contributed by atoms with Crippen LogP contribution in [0.25, 0.3) is 0 Å². The molecule has 0 radical (unpaired) electrons. The van der Waals surface area contributed by atoms with Gasteiger partial charge >= 0.3 is 5.97 Å². The van der Waals surface area contributed by atoms with Crippen molar-refractivity contribution in [1.82, 2.24) is 4.98 Å². The Bertz CT molecular complexity index is 576. The van der Waals surface area contributed by atoms with Crippen LogP contribution in [0.2, 0.25) is 0 Å². The molecule has 0 unspecified atom stereocenters. The lowest BCUT2D eigenvalue weighted by Crippen LogP contribution is -2.10. The summed E-state index contributed by atoms with van der Waals surface area (Å²) in [5, 5.41) is 8.57. The van der Waals surface area contributed by atoms with Crippen molar-refractivity contribution in [3.8, 4) is 0 Å². The fourth-order valence-electron chi connectivity index (χ4n) is 1.36. The summed E-state index contributed by atoms with van der Waals surface area (Å²) in [6, 6.07) is 3.94.